The van der Waals surface area contributed by atoms with E-state index in [0.29, 0.717) is 18.7 Å². The van der Waals surface area contributed by atoms with Gasteiger partial charge in [0.1, 0.15) is 0 Å². The van der Waals surface area contributed by atoms with Crippen LogP contribution in [0.1, 0.15) is 12.0 Å². The van der Waals surface area contributed by atoms with Crippen LogP contribution in [0.2, 0.25) is 0 Å². The van der Waals surface area contributed by atoms with Gasteiger partial charge in [-0.05, 0) is 24.1 Å². The fraction of sp³-hybridized carbons (Fsp3) is 0.385. The van der Waals surface area contributed by atoms with Crippen molar-refractivity contribution in [1.82, 2.24) is 0 Å². The SMILES string of the molecule is COCc1cccc(NC(=O)[C@@H]2C[C@@H]2C(=O)O)c1. The van der Waals surface area contributed by atoms with E-state index >= 15 is 0 Å². The number of aliphatic carboxylic acids is 1. The highest BCUT2D eigenvalue weighted by molar-refractivity contribution is 5.98. The number of benzene rings is 1. The van der Waals surface area contributed by atoms with Crippen LogP contribution in [0.4, 0.5) is 5.69 Å². The molecular weight excluding hydrogens is 234 g/mol. The summed E-state index contributed by atoms with van der Waals surface area (Å²) in [4.78, 5) is 22.4. The van der Waals surface area contributed by atoms with Crippen molar-refractivity contribution in [1.29, 1.82) is 0 Å². The third-order valence-corrected chi connectivity index (χ3v) is 2.95. The second-order valence-electron chi connectivity index (χ2n) is 4.41. The molecule has 2 atom stereocenters. The zero-order valence-corrected chi connectivity index (χ0v) is 10.1. The van der Waals surface area contributed by atoms with E-state index in [1.165, 1.54) is 0 Å². The predicted octanol–water partition coefficient (Wildman–Crippen LogP) is 1.49. The molecule has 0 saturated heterocycles. The Labute approximate surface area is 105 Å². The first-order valence-corrected chi connectivity index (χ1v) is 5.73. The molecule has 1 aliphatic carbocycles. The largest absolute Gasteiger partial charge is 0.481 e. The van der Waals surface area contributed by atoms with Crippen LogP contribution in [0.5, 0.6) is 0 Å². The highest BCUT2D eigenvalue weighted by Gasteiger charge is 2.48. The van der Waals surface area contributed by atoms with Crippen molar-refractivity contribution in [3.63, 3.8) is 0 Å². The van der Waals surface area contributed by atoms with Crippen LogP contribution in [-0.2, 0) is 20.9 Å². The standard InChI is InChI=1S/C13H15NO4/c1-18-7-8-3-2-4-9(5-8)14-12(15)10-6-11(10)13(16)17/h2-5,10-11H,6-7H2,1H3,(H,14,15)(H,16,17)/t10-,11+/m1/s1. The number of carboxylic acid groups (broad SMARTS) is 1. The summed E-state index contributed by atoms with van der Waals surface area (Å²) in [5, 5.41) is 11.5. The summed E-state index contributed by atoms with van der Waals surface area (Å²) in [6.45, 7) is 0.477. The number of nitrogens with one attached hydrogen (secondary N) is 1. The number of carboxylic acids is 1. The Morgan fingerprint density at radius 3 is 2.83 bits per heavy atom. The lowest BCUT2D eigenvalue weighted by Gasteiger charge is -2.06. The zero-order chi connectivity index (χ0) is 13.1. The first kappa shape index (κ1) is 12.6. The third kappa shape index (κ3) is 2.87. The van der Waals surface area contributed by atoms with E-state index in [0.717, 1.165) is 5.56 Å². The number of hydrogen-bond donors (Lipinski definition) is 2. The highest BCUT2D eigenvalue weighted by Crippen LogP contribution is 2.39. The third-order valence-electron chi connectivity index (χ3n) is 2.95. The Kier molecular flexibility index (Phi) is 3.62. The Morgan fingerprint density at radius 2 is 2.22 bits per heavy atom. The molecule has 5 nitrogen and oxygen atoms in total. The summed E-state index contributed by atoms with van der Waals surface area (Å²) in [5.41, 5.74) is 1.63. The van der Waals surface area contributed by atoms with Gasteiger partial charge in [-0.1, -0.05) is 12.1 Å². The molecule has 1 aliphatic rings. The second-order valence-corrected chi connectivity index (χ2v) is 4.41. The monoisotopic (exact) mass is 249 g/mol. The number of carbonyl (C=O) groups excluding carboxylic acids is 1. The van der Waals surface area contributed by atoms with Gasteiger partial charge in [0, 0.05) is 12.8 Å². The minimum absolute atomic E-state index is 0.225. The van der Waals surface area contributed by atoms with E-state index in [2.05, 4.69) is 5.32 Å². The van der Waals surface area contributed by atoms with Crippen LogP contribution in [-0.4, -0.2) is 24.1 Å². The van der Waals surface area contributed by atoms with E-state index in [1.54, 1.807) is 13.2 Å². The molecule has 1 fully saturated rings. The Hall–Kier alpha value is -1.88. The van der Waals surface area contributed by atoms with Gasteiger partial charge in [0.15, 0.2) is 0 Å². The molecule has 1 saturated carbocycles. The van der Waals surface area contributed by atoms with Crippen molar-refractivity contribution < 1.29 is 19.4 Å². The molecule has 0 aliphatic heterocycles. The normalized spacial score (nSPS) is 21.4. The summed E-state index contributed by atoms with van der Waals surface area (Å²) >= 11 is 0. The van der Waals surface area contributed by atoms with Gasteiger partial charge in [-0.3, -0.25) is 9.59 Å². The first-order chi connectivity index (χ1) is 8.61. The van der Waals surface area contributed by atoms with E-state index in [1.807, 2.05) is 18.2 Å². The van der Waals surface area contributed by atoms with E-state index < -0.39 is 17.8 Å². The van der Waals surface area contributed by atoms with Crippen molar-refractivity contribution in [3.05, 3.63) is 29.8 Å². The quantitative estimate of drug-likeness (QED) is 0.829. The summed E-state index contributed by atoms with van der Waals surface area (Å²) in [6, 6.07) is 7.32. The molecule has 5 heteroatoms. The van der Waals surface area contributed by atoms with Gasteiger partial charge in [-0.15, -0.1) is 0 Å². The van der Waals surface area contributed by atoms with E-state index in [-0.39, 0.29) is 5.91 Å². The van der Waals surface area contributed by atoms with Crippen molar-refractivity contribution >= 4 is 17.6 Å². The molecular formula is C13H15NO4. The molecule has 18 heavy (non-hydrogen) atoms. The van der Waals surface area contributed by atoms with Gasteiger partial charge in [0.25, 0.3) is 0 Å². The van der Waals surface area contributed by atoms with Crippen LogP contribution >= 0.6 is 0 Å². The van der Waals surface area contributed by atoms with E-state index in [9.17, 15) is 9.59 Å². The average molecular weight is 249 g/mol. The van der Waals surface area contributed by atoms with Gasteiger partial charge < -0.3 is 15.2 Å². The molecule has 0 aromatic heterocycles. The summed E-state index contributed by atoms with van der Waals surface area (Å²) in [7, 11) is 1.60. The molecule has 0 spiro atoms. The van der Waals surface area contributed by atoms with Crippen molar-refractivity contribution in [2.24, 2.45) is 11.8 Å². The fourth-order valence-corrected chi connectivity index (χ4v) is 1.90. The molecule has 0 bridgehead atoms. The van der Waals surface area contributed by atoms with Crippen LogP contribution in [0.15, 0.2) is 24.3 Å². The zero-order valence-electron chi connectivity index (χ0n) is 10.1. The number of amides is 1. The summed E-state index contributed by atoms with van der Waals surface area (Å²) in [6.07, 6.45) is 0.429. The van der Waals surface area contributed by atoms with Crippen LogP contribution in [0.25, 0.3) is 0 Å². The Morgan fingerprint density at radius 1 is 1.44 bits per heavy atom. The number of carbonyl (C=O) groups is 2. The topological polar surface area (TPSA) is 75.6 Å². The molecule has 2 N–H and O–H groups in total. The summed E-state index contributed by atoms with van der Waals surface area (Å²) < 4.78 is 5.01. The maximum atomic E-state index is 11.8. The van der Waals surface area contributed by atoms with Crippen molar-refractivity contribution in [3.8, 4) is 0 Å². The number of rotatable bonds is 5. The molecule has 0 unspecified atom stereocenters. The maximum Gasteiger partial charge on any atom is 0.307 e. The van der Waals surface area contributed by atoms with Gasteiger partial charge >= 0.3 is 5.97 Å². The van der Waals surface area contributed by atoms with Crippen LogP contribution in [0, 0.1) is 11.8 Å². The molecule has 0 radical (unpaired) electrons. The second kappa shape index (κ2) is 5.18. The molecule has 1 aromatic rings. The van der Waals surface area contributed by atoms with Gasteiger partial charge in [-0.2, -0.15) is 0 Å². The lowest BCUT2D eigenvalue weighted by molar-refractivity contribution is -0.139. The predicted molar refractivity (Wildman–Crippen MR) is 65.0 cm³/mol. The smallest absolute Gasteiger partial charge is 0.307 e. The maximum absolute atomic E-state index is 11.8. The lowest BCUT2D eigenvalue weighted by atomic mass is 10.2. The molecule has 2 rings (SSSR count). The van der Waals surface area contributed by atoms with Crippen LogP contribution in [0.3, 0.4) is 0 Å². The first-order valence-electron chi connectivity index (χ1n) is 5.73. The minimum atomic E-state index is -0.900. The lowest BCUT2D eigenvalue weighted by Crippen LogP contribution is -2.16. The number of hydrogen-bond acceptors (Lipinski definition) is 3. The molecule has 1 aromatic carbocycles. The summed E-state index contributed by atoms with van der Waals surface area (Å²) in [5.74, 6) is -2.04. The van der Waals surface area contributed by atoms with Gasteiger partial charge in [-0.25, -0.2) is 0 Å². The number of methoxy groups -OCH3 is 1. The minimum Gasteiger partial charge on any atom is -0.481 e. The average Bonchev–Trinajstić information content (AvgIpc) is 3.09. The van der Waals surface area contributed by atoms with E-state index in [4.69, 9.17) is 9.84 Å². The Bertz CT molecular complexity index is 472. The number of anilines is 1. The fourth-order valence-electron chi connectivity index (χ4n) is 1.90. The molecule has 1 amide bonds. The van der Waals surface area contributed by atoms with Gasteiger partial charge in [0.2, 0.25) is 5.91 Å². The highest BCUT2D eigenvalue weighted by atomic mass is 16.5. The molecule has 0 heterocycles. The number of ether oxygens (including phenoxy) is 1. The van der Waals surface area contributed by atoms with Crippen molar-refractivity contribution in [2.75, 3.05) is 12.4 Å². The molecule has 96 valence electrons. The van der Waals surface area contributed by atoms with Gasteiger partial charge in [0.05, 0.1) is 18.4 Å². The Balaban J connectivity index is 1.95. The van der Waals surface area contributed by atoms with Crippen molar-refractivity contribution in [2.45, 2.75) is 13.0 Å². The van der Waals surface area contributed by atoms with Crippen LogP contribution < -0.4 is 5.32 Å².